The highest BCUT2D eigenvalue weighted by Crippen LogP contribution is 2.30. The molecule has 4 nitrogen and oxygen atoms in total. The quantitative estimate of drug-likeness (QED) is 0.927. The summed E-state index contributed by atoms with van der Waals surface area (Å²) in [7, 11) is 0. The molecule has 0 saturated heterocycles. The van der Waals surface area contributed by atoms with Crippen LogP contribution in [-0.4, -0.2) is 18.2 Å². The summed E-state index contributed by atoms with van der Waals surface area (Å²) >= 11 is 0. The van der Waals surface area contributed by atoms with Gasteiger partial charge in [0.25, 0.3) is 0 Å². The summed E-state index contributed by atoms with van der Waals surface area (Å²) in [5.74, 6) is 1.67. The molecule has 1 aliphatic heterocycles. The number of rotatable bonds is 4. The molecule has 2 aromatic rings. The zero-order valence-corrected chi connectivity index (χ0v) is 11.5. The van der Waals surface area contributed by atoms with Crippen LogP contribution in [0.2, 0.25) is 0 Å². The second kappa shape index (κ2) is 5.92. The number of benzene rings is 1. The van der Waals surface area contributed by atoms with Gasteiger partial charge in [-0.05, 0) is 36.8 Å². The lowest BCUT2D eigenvalue weighted by Crippen LogP contribution is -2.19. The maximum absolute atomic E-state index is 5.59. The molecule has 1 aliphatic rings. The number of nitrogens with one attached hydrogen (secondary N) is 1. The van der Waals surface area contributed by atoms with Crippen LogP contribution in [0.3, 0.4) is 0 Å². The van der Waals surface area contributed by atoms with Crippen molar-refractivity contribution < 1.29 is 9.47 Å². The Balaban J connectivity index is 1.64. The summed E-state index contributed by atoms with van der Waals surface area (Å²) in [5, 5.41) is 3.46. The van der Waals surface area contributed by atoms with Crippen molar-refractivity contribution >= 4 is 0 Å². The number of aromatic nitrogens is 1. The normalized spacial score (nSPS) is 14.8. The average Bonchev–Trinajstić information content (AvgIpc) is 2.53. The standard InChI is InChI=1S/C16H18N2O2/c1-12(14-4-2-3-7-17-14)18-11-13-5-6-15-16(10-13)20-9-8-19-15/h2-7,10,12,18H,8-9,11H2,1H3. The summed E-state index contributed by atoms with van der Waals surface area (Å²) in [6.45, 7) is 4.13. The van der Waals surface area contributed by atoms with Crippen molar-refractivity contribution in [3.05, 3.63) is 53.9 Å². The number of ether oxygens (including phenoxy) is 2. The largest absolute Gasteiger partial charge is 0.486 e. The summed E-state index contributed by atoms with van der Waals surface area (Å²) in [5.41, 5.74) is 2.22. The minimum Gasteiger partial charge on any atom is -0.486 e. The van der Waals surface area contributed by atoms with Gasteiger partial charge in [-0.15, -0.1) is 0 Å². The Hall–Kier alpha value is -2.07. The van der Waals surface area contributed by atoms with E-state index in [1.807, 2.05) is 36.5 Å². The van der Waals surface area contributed by atoms with E-state index >= 15 is 0 Å². The van der Waals surface area contributed by atoms with Crippen molar-refractivity contribution in [3.8, 4) is 11.5 Å². The predicted octanol–water partition coefficient (Wildman–Crippen LogP) is 2.70. The molecule has 104 valence electrons. The SMILES string of the molecule is CC(NCc1ccc2c(c1)OCCO2)c1ccccn1. The number of fused-ring (bicyclic) bond motifs is 1. The van der Waals surface area contributed by atoms with Gasteiger partial charge in [-0.2, -0.15) is 0 Å². The monoisotopic (exact) mass is 270 g/mol. The number of hydrogen-bond donors (Lipinski definition) is 1. The van der Waals surface area contributed by atoms with Crippen LogP contribution in [0.1, 0.15) is 24.2 Å². The molecule has 0 bridgehead atoms. The highest BCUT2D eigenvalue weighted by molar-refractivity contribution is 5.43. The lowest BCUT2D eigenvalue weighted by molar-refractivity contribution is 0.171. The van der Waals surface area contributed by atoms with Crippen LogP contribution in [0, 0.1) is 0 Å². The van der Waals surface area contributed by atoms with Crippen LogP contribution in [0.15, 0.2) is 42.6 Å². The fourth-order valence-corrected chi connectivity index (χ4v) is 2.21. The van der Waals surface area contributed by atoms with Crippen molar-refractivity contribution in [3.63, 3.8) is 0 Å². The van der Waals surface area contributed by atoms with Crippen LogP contribution in [-0.2, 0) is 6.54 Å². The van der Waals surface area contributed by atoms with E-state index in [0.29, 0.717) is 13.2 Å². The molecule has 3 rings (SSSR count). The molecule has 1 aromatic heterocycles. The molecular weight excluding hydrogens is 252 g/mol. The Bertz CT molecular complexity index is 572. The molecule has 0 fully saturated rings. The second-order valence-corrected chi connectivity index (χ2v) is 4.84. The molecule has 1 atom stereocenters. The smallest absolute Gasteiger partial charge is 0.161 e. The average molecular weight is 270 g/mol. The van der Waals surface area contributed by atoms with Crippen molar-refractivity contribution in [1.29, 1.82) is 0 Å². The van der Waals surface area contributed by atoms with Gasteiger partial charge in [-0.25, -0.2) is 0 Å². The number of pyridine rings is 1. The van der Waals surface area contributed by atoms with E-state index in [2.05, 4.69) is 23.3 Å². The van der Waals surface area contributed by atoms with Crippen LogP contribution >= 0.6 is 0 Å². The summed E-state index contributed by atoms with van der Waals surface area (Å²) < 4.78 is 11.1. The molecule has 0 saturated carbocycles. The molecule has 0 spiro atoms. The zero-order valence-electron chi connectivity index (χ0n) is 11.5. The van der Waals surface area contributed by atoms with Gasteiger partial charge in [-0.3, -0.25) is 4.98 Å². The Morgan fingerprint density at radius 1 is 1.15 bits per heavy atom. The summed E-state index contributed by atoms with van der Waals surface area (Å²) in [4.78, 5) is 4.35. The predicted molar refractivity (Wildman–Crippen MR) is 76.9 cm³/mol. The van der Waals surface area contributed by atoms with Crippen molar-refractivity contribution in [1.82, 2.24) is 10.3 Å². The molecule has 0 aliphatic carbocycles. The van der Waals surface area contributed by atoms with Gasteiger partial charge >= 0.3 is 0 Å². The van der Waals surface area contributed by atoms with Crippen molar-refractivity contribution in [2.24, 2.45) is 0 Å². The molecule has 2 heterocycles. The highest BCUT2D eigenvalue weighted by Gasteiger charge is 2.12. The first-order chi connectivity index (χ1) is 9.83. The lowest BCUT2D eigenvalue weighted by atomic mass is 10.1. The third-order valence-corrected chi connectivity index (χ3v) is 3.35. The minimum absolute atomic E-state index is 0.212. The maximum Gasteiger partial charge on any atom is 0.161 e. The first-order valence-electron chi connectivity index (χ1n) is 6.86. The summed E-state index contributed by atoms with van der Waals surface area (Å²) in [6, 6.07) is 12.2. The van der Waals surface area contributed by atoms with Gasteiger partial charge in [0.1, 0.15) is 13.2 Å². The third-order valence-electron chi connectivity index (χ3n) is 3.35. The Morgan fingerprint density at radius 3 is 2.80 bits per heavy atom. The van der Waals surface area contributed by atoms with Crippen molar-refractivity contribution in [2.75, 3.05) is 13.2 Å². The van der Waals surface area contributed by atoms with Gasteiger partial charge in [0.15, 0.2) is 11.5 Å². The number of nitrogens with zero attached hydrogens (tertiary/aromatic N) is 1. The second-order valence-electron chi connectivity index (χ2n) is 4.84. The Morgan fingerprint density at radius 2 is 2.00 bits per heavy atom. The van der Waals surface area contributed by atoms with Gasteiger partial charge in [-0.1, -0.05) is 12.1 Å². The van der Waals surface area contributed by atoms with Gasteiger partial charge < -0.3 is 14.8 Å². The van der Waals surface area contributed by atoms with E-state index in [-0.39, 0.29) is 6.04 Å². The Labute approximate surface area is 118 Å². The molecule has 0 radical (unpaired) electrons. The van der Waals surface area contributed by atoms with E-state index < -0.39 is 0 Å². The van der Waals surface area contributed by atoms with Crippen LogP contribution in [0.4, 0.5) is 0 Å². The fourth-order valence-electron chi connectivity index (χ4n) is 2.21. The van der Waals surface area contributed by atoms with E-state index in [9.17, 15) is 0 Å². The third kappa shape index (κ3) is 2.91. The fraction of sp³-hybridized carbons (Fsp3) is 0.312. The topological polar surface area (TPSA) is 43.4 Å². The van der Waals surface area contributed by atoms with Crippen molar-refractivity contribution in [2.45, 2.75) is 19.5 Å². The van der Waals surface area contributed by atoms with Crippen LogP contribution < -0.4 is 14.8 Å². The van der Waals surface area contributed by atoms with Gasteiger partial charge in [0.05, 0.1) is 5.69 Å². The van der Waals surface area contributed by atoms with E-state index in [4.69, 9.17) is 9.47 Å². The molecule has 1 N–H and O–H groups in total. The van der Waals surface area contributed by atoms with Gasteiger partial charge in [0, 0.05) is 18.8 Å². The maximum atomic E-state index is 5.59. The van der Waals surface area contributed by atoms with Crippen LogP contribution in [0.25, 0.3) is 0 Å². The molecule has 1 aromatic carbocycles. The minimum atomic E-state index is 0.212. The molecule has 0 amide bonds. The zero-order chi connectivity index (χ0) is 13.8. The van der Waals surface area contributed by atoms with E-state index in [0.717, 1.165) is 23.7 Å². The highest BCUT2D eigenvalue weighted by atomic mass is 16.6. The first kappa shape index (κ1) is 12.9. The first-order valence-corrected chi connectivity index (χ1v) is 6.86. The molecular formula is C16H18N2O2. The van der Waals surface area contributed by atoms with E-state index in [1.165, 1.54) is 5.56 Å². The lowest BCUT2D eigenvalue weighted by Gasteiger charge is -2.19. The Kier molecular flexibility index (Phi) is 3.83. The summed E-state index contributed by atoms with van der Waals surface area (Å²) in [6.07, 6.45) is 1.82. The van der Waals surface area contributed by atoms with Gasteiger partial charge in [0.2, 0.25) is 0 Å². The molecule has 4 heteroatoms. The molecule has 1 unspecified atom stereocenters. The van der Waals surface area contributed by atoms with Crippen LogP contribution in [0.5, 0.6) is 11.5 Å². The number of hydrogen-bond acceptors (Lipinski definition) is 4. The van der Waals surface area contributed by atoms with E-state index in [1.54, 1.807) is 0 Å². The molecule has 20 heavy (non-hydrogen) atoms.